The molecule has 3 atom stereocenters. The van der Waals surface area contributed by atoms with E-state index in [2.05, 4.69) is 36.7 Å². The molecule has 2 saturated heterocycles. The van der Waals surface area contributed by atoms with Gasteiger partial charge in [0, 0.05) is 23.7 Å². The first-order chi connectivity index (χ1) is 13.1. The van der Waals surface area contributed by atoms with Crippen molar-refractivity contribution in [3.63, 3.8) is 0 Å². The van der Waals surface area contributed by atoms with Crippen LogP contribution in [0, 0.1) is 5.92 Å². The molecular weight excluding hydrogens is 350 g/mol. The molecule has 3 unspecified atom stereocenters. The number of carbonyl (C=O) groups is 2. The molecule has 0 aliphatic carbocycles. The molecule has 0 aromatic heterocycles. The van der Waals surface area contributed by atoms with Crippen LogP contribution in [-0.2, 0) is 10.2 Å². The lowest BCUT2D eigenvalue weighted by Gasteiger charge is -2.31. The molecule has 2 aliphatic rings. The average Bonchev–Trinajstić information content (AvgIpc) is 2.96. The third-order valence-corrected chi connectivity index (χ3v) is 6.07. The van der Waals surface area contributed by atoms with Crippen LogP contribution >= 0.6 is 0 Å². The maximum Gasteiger partial charge on any atom is 0.251 e. The second-order valence-corrected chi connectivity index (χ2v) is 9.84. The zero-order chi connectivity index (χ0) is 20.5. The lowest BCUT2D eigenvalue weighted by Crippen LogP contribution is -2.55. The highest BCUT2D eigenvalue weighted by molar-refractivity contribution is 5.97. The first-order valence-corrected chi connectivity index (χ1v) is 10.6. The fourth-order valence-electron chi connectivity index (χ4n) is 4.35. The van der Waals surface area contributed by atoms with Crippen molar-refractivity contribution in [1.82, 2.24) is 16.0 Å². The van der Waals surface area contributed by atoms with Gasteiger partial charge in [-0.3, -0.25) is 9.59 Å². The summed E-state index contributed by atoms with van der Waals surface area (Å²) in [6, 6.07) is 8.40. The van der Waals surface area contributed by atoms with Crippen LogP contribution in [0.5, 0.6) is 0 Å². The summed E-state index contributed by atoms with van der Waals surface area (Å²) < 4.78 is 0. The predicted molar refractivity (Wildman–Crippen MR) is 112 cm³/mol. The van der Waals surface area contributed by atoms with Crippen molar-refractivity contribution in [3.8, 4) is 0 Å². The Morgan fingerprint density at radius 3 is 2.11 bits per heavy atom. The molecule has 154 valence electrons. The summed E-state index contributed by atoms with van der Waals surface area (Å²) in [5, 5.41) is 9.74. The van der Waals surface area contributed by atoms with E-state index in [0.717, 1.165) is 12.8 Å². The normalized spacial score (nSPS) is 25.4. The van der Waals surface area contributed by atoms with Crippen LogP contribution in [0.15, 0.2) is 24.3 Å². The molecule has 2 aliphatic heterocycles. The van der Waals surface area contributed by atoms with E-state index in [1.807, 2.05) is 38.1 Å². The Morgan fingerprint density at radius 1 is 1.04 bits per heavy atom. The maximum atomic E-state index is 12.9. The van der Waals surface area contributed by atoms with Crippen molar-refractivity contribution < 1.29 is 9.59 Å². The van der Waals surface area contributed by atoms with E-state index in [9.17, 15) is 9.59 Å². The Hall–Kier alpha value is -1.88. The van der Waals surface area contributed by atoms with Crippen molar-refractivity contribution in [2.45, 2.75) is 89.9 Å². The van der Waals surface area contributed by atoms with E-state index in [1.165, 1.54) is 18.4 Å². The van der Waals surface area contributed by atoms with Gasteiger partial charge in [-0.2, -0.15) is 0 Å². The number of hydrogen-bond donors (Lipinski definition) is 3. The van der Waals surface area contributed by atoms with Crippen molar-refractivity contribution >= 4 is 11.8 Å². The zero-order valence-electron chi connectivity index (χ0n) is 17.8. The fourth-order valence-corrected chi connectivity index (χ4v) is 4.35. The second kappa shape index (κ2) is 8.24. The van der Waals surface area contributed by atoms with Crippen LogP contribution < -0.4 is 16.0 Å². The molecule has 2 amide bonds. The van der Waals surface area contributed by atoms with Crippen molar-refractivity contribution in [3.05, 3.63) is 35.4 Å². The standard InChI is InChI=1S/C23H35N3O2/c1-14(2)20(22(28)25-19-12-17-10-11-18(13-19)24-17)26-21(27)15-6-8-16(9-7-15)23(3,4)5/h6-9,14,17-20,24H,10-13H2,1-5H3,(H,25,28)(H,26,27). The molecule has 0 spiro atoms. The van der Waals surface area contributed by atoms with Gasteiger partial charge in [-0.05, 0) is 54.7 Å². The van der Waals surface area contributed by atoms with Crippen LogP contribution in [0.4, 0.5) is 0 Å². The summed E-state index contributed by atoms with van der Waals surface area (Å²) in [7, 11) is 0. The van der Waals surface area contributed by atoms with Gasteiger partial charge >= 0.3 is 0 Å². The van der Waals surface area contributed by atoms with Gasteiger partial charge in [-0.25, -0.2) is 0 Å². The minimum Gasteiger partial charge on any atom is -0.351 e. The van der Waals surface area contributed by atoms with Gasteiger partial charge in [0.05, 0.1) is 0 Å². The molecule has 3 N–H and O–H groups in total. The smallest absolute Gasteiger partial charge is 0.251 e. The SMILES string of the molecule is CC(C)C(NC(=O)c1ccc(C(C)(C)C)cc1)C(=O)NC1CC2CCC(C1)N2. The van der Waals surface area contributed by atoms with Gasteiger partial charge in [0.1, 0.15) is 6.04 Å². The number of fused-ring (bicyclic) bond motifs is 2. The molecule has 0 radical (unpaired) electrons. The average molecular weight is 386 g/mol. The molecule has 2 bridgehead atoms. The van der Waals surface area contributed by atoms with Crippen LogP contribution in [0.3, 0.4) is 0 Å². The van der Waals surface area contributed by atoms with Crippen LogP contribution in [-0.4, -0.2) is 36.0 Å². The number of piperidine rings is 1. The first kappa shape index (κ1) is 20.8. The number of carbonyl (C=O) groups excluding carboxylic acids is 2. The number of benzene rings is 1. The van der Waals surface area contributed by atoms with E-state index in [-0.39, 0.29) is 29.2 Å². The Morgan fingerprint density at radius 2 is 1.61 bits per heavy atom. The summed E-state index contributed by atoms with van der Waals surface area (Å²) in [5.41, 5.74) is 1.82. The highest BCUT2D eigenvalue weighted by Crippen LogP contribution is 2.27. The van der Waals surface area contributed by atoms with Crippen molar-refractivity contribution in [1.29, 1.82) is 0 Å². The molecule has 28 heavy (non-hydrogen) atoms. The third kappa shape index (κ3) is 4.93. The molecule has 5 nitrogen and oxygen atoms in total. The van der Waals surface area contributed by atoms with Gasteiger partial charge in [-0.15, -0.1) is 0 Å². The Labute approximate surface area is 169 Å². The van der Waals surface area contributed by atoms with Crippen molar-refractivity contribution in [2.24, 2.45) is 5.92 Å². The molecule has 3 rings (SSSR count). The fraction of sp³-hybridized carbons (Fsp3) is 0.652. The highest BCUT2D eigenvalue weighted by Gasteiger charge is 2.35. The van der Waals surface area contributed by atoms with E-state index < -0.39 is 6.04 Å². The summed E-state index contributed by atoms with van der Waals surface area (Å²) >= 11 is 0. The summed E-state index contributed by atoms with van der Waals surface area (Å²) in [4.78, 5) is 25.6. The minimum absolute atomic E-state index is 0.0243. The highest BCUT2D eigenvalue weighted by atomic mass is 16.2. The van der Waals surface area contributed by atoms with Gasteiger partial charge < -0.3 is 16.0 Å². The molecule has 2 fully saturated rings. The Balaban J connectivity index is 1.62. The maximum absolute atomic E-state index is 12.9. The van der Waals surface area contributed by atoms with Crippen LogP contribution in [0.25, 0.3) is 0 Å². The van der Waals surface area contributed by atoms with Crippen LogP contribution in [0.2, 0.25) is 0 Å². The van der Waals surface area contributed by atoms with Gasteiger partial charge in [0.2, 0.25) is 5.91 Å². The molecular formula is C23H35N3O2. The topological polar surface area (TPSA) is 70.2 Å². The zero-order valence-corrected chi connectivity index (χ0v) is 17.8. The number of amides is 2. The lowest BCUT2D eigenvalue weighted by molar-refractivity contribution is -0.124. The van der Waals surface area contributed by atoms with Crippen molar-refractivity contribution in [2.75, 3.05) is 0 Å². The molecule has 0 saturated carbocycles. The number of hydrogen-bond acceptors (Lipinski definition) is 3. The molecule has 2 heterocycles. The van der Waals surface area contributed by atoms with E-state index in [4.69, 9.17) is 0 Å². The summed E-state index contributed by atoms with van der Waals surface area (Å²) in [5.74, 6) is -0.239. The van der Waals surface area contributed by atoms with Gasteiger partial charge in [0.25, 0.3) is 5.91 Å². The monoisotopic (exact) mass is 385 g/mol. The molecule has 1 aromatic carbocycles. The van der Waals surface area contributed by atoms with Crippen LogP contribution in [0.1, 0.15) is 76.2 Å². The summed E-state index contributed by atoms with van der Waals surface area (Å²) in [6.07, 6.45) is 4.36. The first-order valence-electron chi connectivity index (χ1n) is 10.6. The van der Waals surface area contributed by atoms with E-state index in [0.29, 0.717) is 17.6 Å². The largest absolute Gasteiger partial charge is 0.351 e. The molecule has 5 heteroatoms. The molecule has 1 aromatic rings. The Kier molecular flexibility index (Phi) is 6.13. The van der Waals surface area contributed by atoms with E-state index >= 15 is 0 Å². The van der Waals surface area contributed by atoms with Gasteiger partial charge in [0.15, 0.2) is 0 Å². The predicted octanol–water partition coefficient (Wildman–Crippen LogP) is 3.14. The quantitative estimate of drug-likeness (QED) is 0.729. The lowest BCUT2D eigenvalue weighted by atomic mass is 9.86. The Bertz CT molecular complexity index is 694. The van der Waals surface area contributed by atoms with E-state index in [1.54, 1.807) is 0 Å². The third-order valence-electron chi connectivity index (χ3n) is 6.07. The number of nitrogens with one attached hydrogen (secondary N) is 3. The number of rotatable bonds is 5. The summed E-state index contributed by atoms with van der Waals surface area (Å²) in [6.45, 7) is 10.4. The second-order valence-electron chi connectivity index (χ2n) is 9.84. The minimum atomic E-state index is -0.526. The van der Waals surface area contributed by atoms with Gasteiger partial charge in [-0.1, -0.05) is 46.8 Å².